The zero-order valence-electron chi connectivity index (χ0n) is 18.9. The first kappa shape index (κ1) is 26.3. The number of sulfonamides is 1. The van der Waals surface area contributed by atoms with Gasteiger partial charge >= 0.3 is 6.18 Å². The van der Waals surface area contributed by atoms with Crippen molar-refractivity contribution in [2.75, 3.05) is 25.5 Å². The number of ether oxygens (including phenoxy) is 1. The Morgan fingerprint density at radius 1 is 1.15 bits per heavy atom. The summed E-state index contributed by atoms with van der Waals surface area (Å²) in [6, 6.07) is 8.21. The maximum atomic E-state index is 13.3. The molecule has 1 fully saturated rings. The molecule has 0 aliphatic carbocycles. The predicted octanol–water partition coefficient (Wildman–Crippen LogP) is 5.53. The van der Waals surface area contributed by atoms with E-state index in [9.17, 15) is 26.4 Å². The number of halogens is 4. The summed E-state index contributed by atoms with van der Waals surface area (Å²) in [4.78, 5) is 12.7. The van der Waals surface area contributed by atoms with Crippen LogP contribution in [0.5, 0.6) is 5.75 Å². The zero-order chi connectivity index (χ0) is 25.3. The fourth-order valence-corrected chi connectivity index (χ4v) is 5.70. The molecule has 0 bridgehead atoms. The quantitative estimate of drug-likeness (QED) is 0.545. The van der Waals surface area contributed by atoms with Gasteiger partial charge in [0.05, 0.1) is 17.7 Å². The van der Waals surface area contributed by atoms with E-state index in [2.05, 4.69) is 5.32 Å². The van der Waals surface area contributed by atoms with Gasteiger partial charge in [0.25, 0.3) is 0 Å². The van der Waals surface area contributed by atoms with Crippen LogP contribution in [0.3, 0.4) is 0 Å². The fourth-order valence-electron chi connectivity index (χ4n) is 3.82. The molecule has 2 aromatic carbocycles. The minimum Gasteiger partial charge on any atom is -0.495 e. The number of nitrogens with zero attached hydrogens (tertiary/aromatic N) is 1. The third-order valence-corrected chi connectivity index (χ3v) is 8.09. The van der Waals surface area contributed by atoms with Gasteiger partial charge in [-0.2, -0.15) is 17.5 Å². The minimum absolute atomic E-state index is 0.0213. The molecule has 0 radical (unpaired) electrons. The van der Waals surface area contributed by atoms with Crippen LogP contribution in [0.4, 0.5) is 18.9 Å². The summed E-state index contributed by atoms with van der Waals surface area (Å²) in [5.41, 5.74) is -0.202. The van der Waals surface area contributed by atoms with Crippen LogP contribution in [0.25, 0.3) is 0 Å². The highest BCUT2D eigenvalue weighted by atomic mass is 35.5. The number of piperidine rings is 1. The molecule has 34 heavy (non-hydrogen) atoms. The maximum absolute atomic E-state index is 13.3. The Bertz CT molecular complexity index is 1160. The van der Waals surface area contributed by atoms with Crippen LogP contribution >= 0.6 is 11.6 Å². The van der Waals surface area contributed by atoms with Gasteiger partial charge in [0.2, 0.25) is 15.9 Å². The topological polar surface area (TPSA) is 75.7 Å². The van der Waals surface area contributed by atoms with Gasteiger partial charge in [-0.25, -0.2) is 8.42 Å². The summed E-state index contributed by atoms with van der Waals surface area (Å²) >= 11 is 5.62. The third kappa shape index (κ3) is 5.67. The number of anilines is 1. The summed E-state index contributed by atoms with van der Waals surface area (Å²) in [7, 11) is -2.45. The van der Waals surface area contributed by atoms with Crippen molar-refractivity contribution in [1.82, 2.24) is 4.31 Å². The highest BCUT2D eigenvalue weighted by molar-refractivity contribution is 7.89. The van der Waals surface area contributed by atoms with E-state index < -0.39 is 38.6 Å². The lowest BCUT2D eigenvalue weighted by Gasteiger charge is -2.31. The van der Waals surface area contributed by atoms with Crippen molar-refractivity contribution in [2.45, 2.75) is 43.7 Å². The lowest BCUT2D eigenvalue weighted by atomic mass is 9.97. The van der Waals surface area contributed by atoms with Gasteiger partial charge in [-0.1, -0.05) is 31.5 Å². The molecule has 2 aromatic rings. The summed E-state index contributed by atoms with van der Waals surface area (Å²) < 4.78 is 72.4. The van der Waals surface area contributed by atoms with E-state index in [-0.39, 0.29) is 48.2 Å². The smallest absolute Gasteiger partial charge is 0.417 e. The molecular formula is C23H26ClF3N2O4S. The molecule has 11 heteroatoms. The van der Waals surface area contributed by atoms with E-state index in [1.165, 1.54) is 17.5 Å². The second kappa shape index (κ2) is 10.1. The lowest BCUT2D eigenvalue weighted by Crippen LogP contribution is -2.41. The number of rotatable bonds is 6. The van der Waals surface area contributed by atoms with E-state index >= 15 is 0 Å². The second-order valence-corrected chi connectivity index (χ2v) is 10.7. The molecule has 0 aromatic heterocycles. The molecule has 1 saturated heterocycles. The first-order valence-corrected chi connectivity index (χ1v) is 12.5. The van der Waals surface area contributed by atoms with Crippen LogP contribution in [-0.2, 0) is 21.0 Å². The molecule has 1 heterocycles. The van der Waals surface area contributed by atoms with Gasteiger partial charge in [-0.3, -0.25) is 4.79 Å². The van der Waals surface area contributed by atoms with E-state index in [1.807, 2.05) is 19.9 Å². The van der Waals surface area contributed by atoms with Crippen molar-refractivity contribution in [1.29, 1.82) is 0 Å². The molecule has 0 atom stereocenters. The van der Waals surface area contributed by atoms with E-state index in [0.717, 1.165) is 17.7 Å². The lowest BCUT2D eigenvalue weighted by molar-refractivity contribution is -0.137. The van der Waals surface area contributed by atoms with Crippen LogP contribution in [0.2, 0.25) is 5.02 Å². The Morgan fingerprint density at radius 3 is 2.35 bits per heavy atom. The zero-order valence-corrected chi connectivity index (χ0v) is 20.5. The molecular weight excluding hydrogens is 493 g/mol. The van der Waals surface area contributed by atoms with Crippen molar-refractivity contribution in [3.8, 4) is 5.75 Å². The Hall–Kier alpha value is -2.30. The SMILES string of the molecule is COc1ccc(C(C)C)cc1S(=O)(=O)N1CCC(C(=O)Nc2ccc(Cl)c(C(F)(F)F)c2)CC1. The van der Waals surface area contributed by atoms with Crippen molar-refractivity contribution in [3.05, 3.63) is 52.5 Å². The Labute approximate surface area is 202 Å². The highest BCUT2D eigenvalue weighted by Gasteiger charge is 2.35. The van der Waals surface area contributed by atoms with Gasteiger partial charge in [-0.15, -0.1) is 0 Å². The molecule has 6 nitrogen and oxygen atoms in total. The number of nitrogens with one attached hydrogen (secondary N) is 1. The average Bonchev–Trinajstić information content (AvgIpc) is 2.79. The number of hydrogen-bond acceptors (Lipinski definition) is 4. The summed E-state index contributed by atoms with van der Waals surface area (Å²) in [6.45, 7) is 4.12. The largest absolute Gasteiger partial charge is 0.495 e. The van der Waals surface area contributed by atoms with E-state index in [1.54, 1.807) is 12.1 Å². The Balaban J connectivity index is 1.71. The van der Waals surface area contributed by atoms with E-state index in [4.69, 9.17) is 16.3 Å². The summed E-state index contributed by atoms with van der Waals surface area (Å²) in [5, 5.41) is 2.03. The van der Waals surface area contributed by atoms with Crippen molar-refractivity contribution in [3.63, 3.8) is 0 Å². The molecule has 1 aliphatic rings. The fraction of sp³-hybridized carbons (Fsp3) is 0.435. The van der Waals surface area contributed by atoms with Gasteiger partial charge in [0.1, 0.15) is 10.6 Å². The number of benzene rings is 2. The standard InChI is InChI=1S/C23H26ClF3N2O4S/c1-14(2)16-4-7-20(33-3)21(12-16)34(31,32)29-10-8-15(9-11-29)22(30)28-17-5-6-19(24)18(13-17)23(25,26)27/h4-7,12-15H,8-11H2,1-3H3,(H,28,30). The number of methoxy groups -OCH3 is 1. The Morgan fingerprint density at radius 2 is 1.79 bits per heavy atom. The van der Waals surface area contributed by atoms with Gasteiger partial charge in [0.15, 0.2) is 0 Å². The summed E-state index contributed by atoms with van der Waals surface area (Å²) in [6.07, 6.45) is -4.18. The third-order valence-electron chi connectivity index (χ3n) is 5.84. The highest BCUT2D eigenvalue weighted by Crippen LogP contribution is 2.37. The molecule has 0 spiro atoms. The maximum Gasteiger partial charge on any atom is 0.417 e. The summed E-state index contributed by atoms with van der Waals surface area (Å²) in [5.74, 6) is -0.639. The molecule has 3 rings (SSSR count). The van der Waals surface area contributed by atoms with Crippen LogP contribution < -0.4 is 10.1 Å². The first-order chi connectivity index (χ1) is 15.8. The number of alkyl halides is 3. The van der Waals surface area contributed by atoms with Crippen molar-refractivity contribution < 1.29 is 31.1 Å². The first-order valence-electron chi connectivity index (χ1n) is 10.7. The monoisotopic (exact) mass is 518 g/mol. The number of amides is 1. The van der Waals surface area contributed by atoms with Gasteiger partial charge < -0.3 is 10.1 Å². The molecule has 0 saturated carbocycles. The van der Waals surface area contributed by atoms with Crippen LogP contribution in [0.1, 0.15) is 43.7 Å². The van der Waals surface area contributed by atoms with Crippen LogP contribution in [0, 0.1) is 5.92 Å². The number of hydrogen-bond donors (Lipinski definition) is 1. The molecule has 1 amide bonds. The minimum atomic E-state index is -4.65. The van der Waals surface area contributed by atoms with Gasteiger partial charge in [0, 0.05) is 24.7 Å². The van der Waals surface area contributed by atoms with Crippen LogP contribution in [-0.4, -0.2) is 38.8 Å². The number of carbonyl (C=O) groups is 1. The Kier molecular flexibility index (Phi) is 7.84. The molecule has 1 N–H and O–H groups in total. The van der Waals surface area contributed by atoms with Crippen LogP contribution in [0.15, 0.2) is 41.3 Å². The molecule has 1 aliphatic heterocycles. The average molecular weight is 519 g/mol. The molecule has 186 valence electrons. The van der Waals surface area contributed by atoms with E-state index in [0.29, 0.717) is 0 Å². The van der Waals surface area contributed by atoms with Crippen molar-refractivity contribution >= 4 is 33.2 Å². The van der Waals surface area contributed by atoms with Crippen molar-refractivity contribution in [2.24, 2.45) is 5.92 Å². The number of carbonyl (C=O) groups excluding carboxylic acids is 1. The predicted molar refractivity (Wildman–Crippen MR) is 124 cm³/mol. The molecule has 0 unspecified atom stereocenters. The second-order valence-electron chi connectivity index (χ2n) is 8.42. The normalized spacial score (nSPS) is 16.0. The van der Waals surface area contributed by atoms with Gasteiger partial charge in [-0.05, 0) is 54.7 Å².